The second-order valence-corrected chi connectivity index (χ2v) is 6.19. The van der Waals surface area contributed by atoms with Crippen molar-refractivity contribution in [2.45, 2.75) is 44.1 Å². The molecule has 0 aromatic heterocycles. The summed E-state index contributed by atoms with van der Waals surface area (Å²) in [6, 6.07) is 9.12. The third-order valence-corrected chi connectivity index (χ3v) is 4.46. The smallest absolute Gasteiger partial charge is 0.490 e. The summed E-state index contributed by atoms with van der Waals surface area (Å²) in [6.45, 7) is 2.03. The molecule has 1 aromatic rings. The number of benzene rings is 1. The molecule has 2 heterocycles. The molecule has 2 aliphatic heterocycles. The summed E-state index contributed by atoms with van der Waals surface area (Å²) in [4.78, 5) is 22.8. The Labute approximate surface area is 148 Å². The van der Waals surface area contributed by atoms with Crippen LogP contribution in [0.1, 0.15) is 24.8 Å². The molecule has 26 heavy (non-hydrogen) atoms. The van der Waals surface area contributed by atoms with Gasteiger partial charge in [-0.1, -0.05) is 12.1 Å². The Bertz CT molecular complexity index is 634. The summed E-state index contributed by atoms with van der Waals surface area (Å²) in [7, 11) is 1.69. The number of rotatable bonds is 3. The molecule has 9 heteroatoms. The second kappa shape index (κ2) is 8.39. The Balaban J connectivity index is 0.000000298. The van der Waals surface area contributed by atoms with Crippen LogP contribution < -0.4 is 10.1 Å². The molecule has 3 rings (SSSR count). The number of carbonyl (C=O) groups excluding carboxylic acids is 1. The monoisotopic (exact) mass is 374 g/mol. The lowest BCUT2D eigenvalue weighted by molar-refractivity contribution is -0.192. The second-order valence-electron chi connectivity index (χ2n) is 6.19. The number of carboxylic acids is 1. The lowest BCUT2D eigenvalue weighted by Crippen LogP contribution is -2.49. The van der Waals surface area contributed by atoms with Crippen LogP contribution in [0.3, 0.4) is 0 Å². The fourth-order valence-corrected chi connectivity index (χ4v) is 3.19. The number of methoxy groups -OCH3 is 1. The first-order chi connectivity index (χ1) is 12.2. The van der Waals surface area contributed by atoms with Gasteiger partial charge in [0.1, 0.15) is 5.75 Å². The van der Waals surface area contributed by atoms with E-state index < -0.39 is 12.1 Å². The number of hydrogen-bond donors (Lipinski definition) is 2. The van der Waals surface area contributed by atoms with Gasteiger partial charge < -0.3 is 15.2 Å². The molecular formula is C17H21F3N2O4. The highest BCUT2D eigenvalue weighted by Gasteiger charge is 2.38. The minimum absolute atomic E-state index is 0.215. The van der Waals surface area contributed by atoms with Gasteiger partial charge in [0.2, 0.25) is 5.91 Å². The van der Waals surface area contributed by atoms with Crippen LogP contribution in [0.2, 0.25) is 0 Å². The average Bonchev–Trinajstić information content (AvgIpc) is 2.97. The molecule has 144 valence electrons. The number of nitrogens with one attached hydrogen (secondary N) is 1. The third-order valence-electron chi connectivity index (χ3n) is 4.46. The first-order valence-electron chi connectivity index (χ1n) is 8.17. The van der Waals surface area contributed by atoms with Crippen molar-refractivity contribution in [2.24, 2.45) is 0 Å². The highest BCUT2D eigenvalue weighted by Crippen LogP contribution is 2.27. The quantitative estimate of drug-likeness (QED) is 0.848. The number of ether oxygens (including phenoxy) is 1. The van der Waals surface area contributed by atoms with Crippen LogP contribution in [-0.4, -0.2) is 53.8 Å². The van der Waals surface area contributed by atoms with E-state index in [1.807, 2.05) is 12.1 Å². The van der Waals surface area contributed by atoms with Gasteiger partial charge in [0.15, 0.2) is 0 Å². The first-order valence-corrected chi connectivity index (χ1v) is 8.17. The molecule has 2 atom stereocenters. The van der Waals surface area contributed by atoms with Gasteiger partial charge in [0, 0.05) is 31.6 Å². The van der Waals surface area contributed by atoms with Crippen molar-refractivity contribution in [1.82, 2.24) is 10.2 Å². The number of carboxylic acid groups (broad SMARTS) is 1. The summed E-state index contributed by atoms with van der Waals surface area (Å²) < 4.78 is 36.9. The van der Waals surface area contributed by atoms with Gasteiger partial charge in [-0.05, 0) is 30.5 Å². The molecule has 6 nitrogen and oxygen atoms in total. The number of piperidine rings is 1. The van der Waals surface area contributed by atoms with E-state index in [0.29, 0.717) is 18.5 Å². The predicted octanol–water partition coefficient (Wildman–Crippen LogP) is 2.18. The molecule has 2 aliphatic rings. The molecule has 0 unspecified atom stereocenters. The minimum Gasteiger partial charge on any atom is -0.497 e. The molecule has 1 aromatic carbocycles. The number of aliphatic carboxylic acids is 1. The van der Waals surface area contributed by atoms with Crippen molar-refractivity contribution < 1.29 is 32.6 Å². The van der Waals surface area contributed by atoms with Crippen molar-refractivity contribution in [3.63, 3.8) is 0 Å². The van der Waals surface area contributed by atoms with Gasteiger partial charge >= 0.3 is 12.1 Å². The Kier molecular flexibility index (Phi) is 6.47. The Hall–Kier alpha value is -2.29. The average molecular weight is 374 g/mol. The molecule has 2 N–H and O–H groups in total. The molecular weight excluding hydrogens is 353 g/mol. The van der Waals surface area contributed by atoms with Crippen LogP contribution in [0.4, 0.5) is 13.2 Å². The van der Waals surface area contributed by atoms with Gasteiger partial charge in [0.05, 0.1) is 7.11 Å². The first kappa shape index (κ1) is 20.0. The van der Waals surface area contributed by atoms with Crippen molar-refractivity contribution in [1.29, 1.82) is 0 Å². The zero-order valence-corrected chi connectivity index (χ0v) is 14.3. The highest BCUT2D eigenvalue weighted by atomic mass is 19.4. The zero-order valence-electron chi connectivity index (χ0n) is 14.3. The van der Waals surface area contributed by atoms with E-state index in [9.17, 15) is 18.0 Å². The molecule has 0 saturated carbocycles. The number of nitrogens with zero attached hydrogens (tertiary/aromatic N) is 1. The number of hydrogen-bond acceptors (Lipinski definition) is 4. The van der Waals surface area contributed by atoms with Crippen LogP contribution in [0.25, 0.3) is 0 Å². The standard InChI is InChI=1S/C15H20N2O2.C2HF3O2/c1-19-12-4-2-11(3-5-12)10-17-9-8-13-14(17)6-7-15(18)16-13;3-2(4,5)1(6)7/h2-5,13-14H,6-10H2,1H3,(H,16,18);(H,6,7)/t13-,14+;/m1./s1. The Morgan fingerprint density at radius 1 is 1.31 bits per heavy atom. The predicted molar refractivity (Wildman–Crippen MR) is 86.7 cm³/mol. The number of amides is 1. The fourth-order valence-electron chi connectivity index (χ4n) is 3.19. The van der Waals surface area contributed by atoms with E-state index in [1.165, 1.54) is 5.56 Å². The van der Waals surface area contributed by atoms with Crippen LogP contribution in [0, 0.1) is 0 Å². The van der Waals surface area contributed by atoms with Gasteiger partial charge in [-0.2, -0.15) is 13.2 Å². The molecule has 0 bridgehead atoms. The SMILES string of the molecule is COc1ccc(CN2CC[C@H]3NC(=O)CC[C@@H]32)cc1.O=C(O)C(F)(F)F. The minimum atomic E-state index is -5.08. The van der Waals surface area contributed by atoms with Gasteiger partial charge in [0.25, 0.3) is 0 Å². The van der Waals surface area contributed by atoms with Gasteiger partial charge in [-0.25, -0.2) is 4.79 Å². The van der Waals surface area contributed by atoms with E-state index in [-0.39, 0.29) is 5.91 Å². The lowest BCUT2D eigenvalue weighted by atomic mass is 9.99. The van der Waals surface area contributed by atoms with Crippen LogP contribution in [0.5, 0.6) is 5.75 Å². The summed E-state index contributed by atoms with van der Waals surface area (Å²) in [5.41, 5.74) is 1.30. The highest BCUT2D eigenvalue weighted by molar-refractivity contribution is 5.77. The summed E-state index contributed by atoms with van der Waals surface area (Å²) >= 11 is 0. The molecule has 0 aliphatic carbocycles. The maximum absolute atomic E-state index is 11.4. The van der Waals surface area contributed by atoms with E-state index in [4.69, 9.17) is 14.6 Å². The van der Waals surface area contributed by atoms with Crippen LogP contribution in [-0.2, 0) is 16.1 Å². The maximum atomic E-state index is 11.4. The largest absolute Gasteiger partial charge is 0.497 e. The van der Waals surface area contributed by atoms with Crippen molar-refractivity contribution in [2.75, 3.05) is 13.7 Å². The normalized spacial score (nSPS) is 22.7. The van der Waals surface area contributed by atoms with Crippen LogP contribution >= 0.6 is 0 Å². The van der Waals surface area contributed by atoms with E-state index in [0.717, 1.165) is 31.7 Å². The number of fused-ring (bicyclic) bond motifs is 1. The van der Waals surface area contributed by atoms with Crippen molar-refractivity contribution in [3.05, 3.63) is 29.8 Å². The number of halogens is 3. The third kappa shape index (κ3) is 5.35. The topological polar surface area (TPSA) is 78.9 Å². The Morgan fingerprint density at radius 3 is 2.46 bits per heavy atom. The lowest BCUT2D eigenvalue weighted by Gasteiger charge is -2.32. The Morgan fingerprint density at radius 2 is 1.92 bits per heavy atom. The van der Waals surface area contributed by atoms with Crippen molar-refractivity contribution in [3.8, 4) is 5.75 Å². The van der Waals surface area contributed by atoms with E-state index in [1.54, 1.807) is 7.11 Å². The summed E-state index contributed by atoms with van der Waals surface area (Å²) in [5.74, 6) is -1.65. The number of carbonyl (C=O) groups is 2. The molecule has 2 saturated heterocycles. The summed E-state index contributed by atoms with van der Waals surface area (Å²) in [6.07, 6.45) is -2.35. The van der Waals surface area contributed by atoms with Crippen molar-refractivity contribution >= 4 is 11.9 Å². The zero-order chi connectivity index (χ0) is 19.3. The van der Waals surface area contributed by atoms with Gasteiger partial charge in [-0.15, -0.1) is 0 Å². The van der Waals surface area contributed by atoms with E-state index in [2.05, 4.69) is 22.3 Å². The fraction of sp³-hybridized carbons (Fsp3) is 0.529. The molecule has 0 spiro atoms. The van der Waals surface area contributed by atoms with E-state index >= 15 is 0 Å². The number of likely N-dealkylation sites (tertiary alicyclic amines) is 1. The molecule has 0 radical (unpaired) electrons. The number of alkyl halides is 3. The van der Waals surface area contributed by atoms with Gasteiger partial charge in [-0.3, -0.25) is 9.69 Å². The summed E-state index contributed by atoms with van der Waals surface area (Å²) in [5, 5.41) is 10.2. The molecule has 2 fully saturated rings. The van der Waals surface area contributed by atoms with Crippen LogP contribution in [0.15, 0.2) is 24.3 Å². The maximum Gasteiger partial charge on any atom is 0.490 e. The molecule has 1 amide bonds.